The summed E-state index contributed by atoms with van der Waals surface area (Å²) >= 11 is 18.6. The van der Waals surface area contributed by atoms with Crippen molar-refractivity contribution >= 4 is 52.1 Å². The number of carbonyl (C=O) groups is 1. The molecule has 0 saturated heterocycles. The summed E-state index contributed by atoms with van der Waals surface area (Å²) in [5.74, 6) is 0.483. The van der Waals surface area contributed by atoms with E-state index in [-0.39, 0.29) is 0 Å². The number of imidazole rings is 1. The lowest BCUT2D eigenvalue weighted by atomic mass is 10.1. The lowest BCUT2D eigenvalue weighted by molar-refractivity contribution is 0.110. The molecule has 0 amide bonds. The summed E-state index contributed by atoms with van der Waals surface area (Å²) in [5.41, 5.74) is 0.634. The van der Waals surface area contributed by atoms with E-state index in [1.807, 2.05) is 0 Å². The molecule has 0 spiro atoms. The first-order valence-electron chi connectivity index (χ1n) is 7.72. The van der Waals surface area contributed by atoms with Crippen LogP contribution in [0, 0.1) is 0 Å². The van der Waals surface area contributed by atoms with Crippen molar-refractivity contribution in [1.82, 2.24) is 9.55 Å². The van der Waals surface area contributed by atoms with Crippen molar-refractivity contribution in [3.8, 4) is 5.75 Å². The van der Waals surface area contributed by atoms with Gasteiger partial charge in [0, 0.05) is 33.0 Å². The van der Waals surface area contributed by atoms with Crippen LogP contribution in [0.5, 0.6) is 5.75 Å². The van der Waals surface area contributed by atoms with Gasteiger partial charge in [0.05, 0.1) is 12.9 Å². The number of hydrogen-bond acceptors (Lipinski definition) is 5. The molecule has 1 unspecified atom stereocenters. The molecular weight excluding hydrogens is 431 g/mol. The fourth-order valence-corrected chi connectivity index (χ4v) is 3.34. The van der Waals surface area contributed by atoms with E-state index in [1.54, 1.807) is 65.8 Å². The summed E-state index contributed by atoms with van der Waals surface area (Å²) in [4.78, 5) is 16.3. The van der Waals surface area contributed by atoms with Crippen molar-refractivity contribution in [2.45, 2.75) is 12.6 Å². The first kappa shape index (κ1) is 19.9. The second-order valence-corrected chi connectivity index (χ2v) is 7.35. The molecule has 1 atom stereocenters. The Labute approximate surface area is 175 Å². The van der Waals surface area contributed by atoms with Crippen LogP contribution >= 0.6 is 46.8 Å². The summed E-state index contributed by atoms with van der Waals surface area (Å²) in [6.45, 7) is 0.342. The average Bonchev–Trinajstić information content (AvgIpc) is 3.14. The van der Waals surface area contributed by atoms with E-state index in [4.69, 9.17) is 43.7 Å². The summed E-state index contributed by atoms with van der Waals surface area (Å²) in [6, 6.07) is 11.7. The Morgan fingerprint density at radius 1 is 1.11 bits per heavy atom. The highest BCUT2D eigenvalue weighted by molar-refractivity contribution is 8.09. The third kappa shape index (κ3) is 5.81. The van der Waals surface area contributed by atoms with Crippen molar-refractivity contribution in [2.24, 2.45) is 0 Å². The van der Waals surface area contributed by atoms with Crippen molar-refractivity contribution in [1.29, 1.82) is 0 Å². The van der Waals surface area contributed by atoms with Gasteiger partial charge < -0.3 is 13.5 Å². The molecule has 0 saturated carbocycles. The fourth-order valence-electron chi connectivity index (χ4n) is 2.26. The van der Waals surface area contributed by atoms with E-state index in [1.165, 1.54) is 0 Å². The molecule has 9 heteroatoms. The Bertz CT molecular complexity index is 905. The van der Waals surface area contributed by atoms with Gasteiger partial charge in [0.1, 0.15) is 11.9 Å². The molecule has 5 nitrogen and oxygen atoms in total. The standard InChI is InChI=1S/C18H13Cl3N2O3S/c19-12-1-4-14(5-2-12)26-27-18(24)25-17(10-23-8-7-22-11-23)15-6-3-13(20)9-16(15)21/h1-9,11,17H,10H2. The summed E-state index contributed by atoms with van der Waals surface area (Å²) in [5, 5.41) is 0.870. The van der Waals surface area contributed by atoms with Crippen molar-refractivity contribution in [2.75, 3.05) is 0 Å². The van der Waals surface area contributed by atoms with Gasteiger partial charge in [-0.25, -0.2) is 9.78 Å². The minimum absolute atomic E-state index is 0.342. The van der Waals surface area contributed by atoms with Crippen LogP contribution in [-0.2, 0) is 11.3 Å². The van der Waals surface area contributed by atoms with Gasteiger partial charge in [0.15, 0.2) is 12.0 Å². The van der Waals surface area contributed by atoms with Crippen LogP contribution in [0.1, 0.15) is 11.7 Å². The molecule has 0 N–H and O–H groups in total. The van der Waals surface area contributed by atoms with Gasteiger partial charge in [-0.1, -0.05) is 40.9 Å². The van der Waals surface area contributed by atoms with Gasteiger partial charge >= 0.3 is 5.30 Å². The SMILES string of the molecule is O=C(OC(Cn1ccnc1)c1ccc(Cl)cc1Cl)SOc1ccc(Cl)cc1. The maximum Gasteiger partial charge on any atom is 0.407 e. The summed E-state index contributed by atoms with van der Waals surface area (Å²) < 4.78 is 12.7. The monoisotopic (exact) mass is 442 g/mol. The van der Waals surface area contributed by atoms with E-state index in [0.29, 0.717) is 45.0 Å². The molecule has 0 aliphatic heterocycles. The van der Waals surface area contributed by atoms with E-state index in [9.17, 15) is 4.79 Å². The van der Waals surface area contributed by atoms with Gasteiger partial charge in [-0.3, -0.25) is 0 Å². The molecule has 0 radical (unpaired) electrons. The van der Waals surface area contributed by atoms with Crippen molar-refractivity contribution in [3.63, 3.8) is 0 Å². The molecule has 3 rings (SSSR count). The highest BCUT2D eigenvalue weighted by atomic mass is 35.5. The Hall–Kier alpha value is -1.86. The van der Waals surface area contributed by atoms with E-state index < -0.39 is 11.4 Å². The van der Waals surface area contributed by atoms with Gasteiger partial charge in [0.25, 0.3) is 0 Å². The molecular formula is C18H13Cl3N2O3S. The molecule has 0 aliphatic rings. The number of rotatable bonds is 6. The Morgan fingerprint density at radius 3 is 2.52 bits per heavy atom. The maximum atomic E-state index is 12.3. The number of benzene rings is 2. The number of carbonyl (C=O) groups excluding carboxylic acids is 1. The normalized spacial score (nSPS) is 11.8. The van der Waals surface area contributed by atoms with Gasteiger partial charge in [-0.15, -0.1) is 0 Å². The lowest BCUT2D eigenvalue weighted by Crippen LogP contribution is -2.15. The van der Waals surface area contributed by atoms with E-state index in [2.05, 4.69) is 4.98 Å². The lowest BCUT2D eigenvalue weighted by Gasteiger charge is -2.19. The number of ether oxygens (including phenoxy) is 1. The molecule has 0 fully saturated rings. The Morgan fingerprint density at radius 2 is 1.85 bits per heavy atom. The number of halogens is 3. The first-order valence-corrected chi connectivity index (χ1v) is 9.60. The first-order chi connectivity index (χ1) is 13.0. The maximum absolute atomic E-state index is 12.3. The number of nitrogens with zero attached hydrogens (tertiary/aromatic N) is 2. The zero-order valence-corrected chi connectivity index (χ0v) is 16.8. The molecule has 27 heavy (non-hydrogen) atoms. The molecule has 2 aromatic carbocycles. The third-order valence-corrected chi connectivity index (χ3v) is 4.83. The highest BCUT2D eigenvalue weighted by Crippen LogP contribution is 2.31. The van der Waals surface area contributed by atoms with Gasteiger partial charge in [0.2, 0.25) is 0 Å². The van der Waals surface area contributed by atoms with E-state index in [0.717, 1.165) is 0 Å². The Kier molecular flexibility index (Phi) is 6.90. The van der Waals surface area contributed by atoms with Crippen LogP contribution < -0.4 is 4.18 Å². The second kappa shape index (κ2) is 9.37. The molecule has 1 heterocycles. The number of aromatic nitrogens is 2. The molecule has 1 aromatic heterocycles. The molecule has 0 bridgehead atoms. The number of hydrogen-bond donors (Lipinski definition) is 0. The smallest absolute Gasteiger partial charge is 0.407 e. The van der Waals surface area contributed by atoms with E-state index >= 15 is 0 Å². The summed E-state index contributed by atoms with van der Waals surface area (Å²) in [6.07, 6.45) is 4.39. The predicted molar refractivity (Wildman–Crippen MR) is 108 cm³/mol. The van der Waals surface area contributed by atoms with Crippen LogP contribution in [0.15, 0.2) is 61.2 Å². The van der Waals surface area contributed by atoms with Crippen LogP contribution in [0.2, 0.25) is 15.1 Å². The minimum atomic E-state index is -0.641. The zero-order chi connectivity index (χ0) is 19.2. The Balaban J connectivity index is 1.70. The zero-order valence-electron chi connectivity index (χ0n) is 13.7. The fraction of sp³-hybridized carbons (Fsp3) is 0.111. The molecule has 140 valence electrons. The van der Waals surface area contributed by atoms with Crippen LogP contribution in [0.3, 0.4) is 0 Å². The second-order valence-electron chi connectivity index (χ2n) is 5.40. The predicted octanol–water partition coefficient (Wildman–Crippen LogP) is 6.45. The van der Waals surface area contributed by atoms with Crippen LogP contribution in [0.25, 0.3) is 0 Å². The van der Waals surface area contributed by atoms with Crippen LogP contribution in [0.4, 0.5) is 4.79 Å². The van der Waals surface area contributed by atoms with Gasteiger partial charge in [-0.05, 0) is 36.4 Å². The largest absolute Gasteiger partial charge is 0.445 e. The average molecular weight is 444 g/mol. The minimum Gasteiger partial charge on any atom is -0.445 e. The van der Waals surface area contributed by atoms with Crippen LogP contribution in [-0.4, -0.2) is 14.9 Å². The summed E-state index contributed by atoms with van der Waals surface area (Å²) in [7, 11) is 0. The van der Waals surface area contributed by atoms with Gasteiger partial charge in [-0.2, -0.15) is 0 Å². The van der Waals surface area contributed by atoms with Crippen molar-refractivity contribution < 1.29 is 13.7 Å². The third-order valence-electron chi connectivity index (χ3n) is 3.50. The van der Waals surface area contributed by atoms with Crippen molar-refractivity contribution in [3.05, 3.63) is 81.8 Å². The quantitative estimate of drug-likeness (QED) is 0.324. The highest BCUT2D eigenvalue weighted by Gasteiger charge is 2.22. The molecule has 0 aliphatic carbocycles. The topological polar surface area (TPSA) is 53.4 Å². The molecule has 3 aromatic rings.